The maximum Gasteiger partial charge on any atom is 0.191 e. The number of benzene rings is 2. The number of methoxy groups -OCH3 is 2. The molecule has 0 bridgehead atoms. The summed E-state index contributed by atoms with van der Waals surface area (Å²) in [6, 6.07) is 14.3. The molecule has 0 spiro atoms. The summed E-state index contributed by atoms with van der Waals surface area (Å²) in [6.07, 6.45) is 5.58. The van der Waals surface area contributed by atoms with Crippen molar-refractivity contribution in [1.82, 2.24) is 20.2 Å². The van der Waals surface area contributed by atoms with Crippen LogP contribution in [0.15, 0.2) is 66.2 Å². The van der Waals surface area contributed by atoms with Gasteiger partial charge in [-0.3, -0.25) is 0 Å². The van der Waals surface area contributed by atoms with E-state index >= 15 is 0 Å². The van der Waals surface area contributed by atoms with Crippen LogP contribution in [0.2, 0.25) is 0 Å². The molecule has 3 aromatic rings. The third-order valence-corrected chi connectivity index (χ3v) is 4.62. The topological polar surface area (TPSA) is 72.7 Å². The number of aromatic nitrogens is 2. The van der Waals surface area contributed by atoms with Crippen LogP contribution in [0, 0.1) is 0 Å². The predicted molar refractivity (Wildman–Crippen MR) is 134 cm³/mol. The van der Waals surface area contributed by atoms with E-state index in [9.17, 15) is 0 Å². The van der Waals surface area contributed by atoms with Crippen LogP contribution in [-0.4, -0.2) is 36.3 Å². The van der Waals surface area contributed by atoms with Gasteiger partial charge < -0.3 is 24.7 Å². The second-order valence-electron chi connectivity index (χ2n) is 6.78. The van der Waals surface area contributed by atoms with Crippen LogP contribution in [0.3, 0.4) is 0 Å². The molecule has 8 heteroatoms. The van der Waals surface area contributed by atoms with E-state index in [1.165, 1.54) is 5.56 Å². The Morgan fingerprint density at radius 1 is 1.06 bits per heavy atom. The van der Waals surface area contributed by atoms with Gasteiger partial charge in [0.1, 0.15) is 11.5 Å². The van der Waals surface area contributed by atoms with Gasteiger partial charge in [-0.25, -0.2) is 9.98 Å². The lowest BCUT2D eigenvalue weighted by Crippen LogP contribution is -2.36. The average molecular weight is 535 g/mol. The molecule has 1 heterocycles. The van der Waals surface area contributed by atoms with E-state index in [4.69, 9.17) is 14.5 Å². The second kappa shape index (κ2) is 12.8. The highest BCUT2D eigenvalue weighted by Gasteiger charge is 2.06. The van der Waals surface area contributed by atoms with Crippen molar-refractivity contribution in [3.05, 3.63) is 77.9 Å². The van der Waals surface area contributed by atoms with Crippen molar-refractivity contribution in [2.75, 3.05) is 20.8 Å². The van der Waals surface area contributed by atoms with Crippen molar-refractivity contribution in [3.63, 3.8) is 0 Å². The number of imidazole rings is 1. The van der Waals surface area contributed by atoms with Gasteiger partial charge in [-0.2, -0.15) is 0 Å². The van der Waals surface area contributed by atoms with Crippen LogP contribution in [0.1, 0.15) is 23.6 Å². The Kier molecular flexibility index (Phi) is 10.2. The van der Waals surface area contributed by atoms with Gasteiger partial charge in [0.15, 0.2) is 5.96 Å². The maximum absolute atomic E-state index is 5.48. The molecule has 0 atom stereocenters. The van der Waals surface area contributed by atoms with Gasteiger partial charge in [0.25, 0.3) is 0 Å². The van der Waals surface area contributed by atoms with Crippen molar-refractivity contribution < 1.29 is 9.47 Å². The third kappa shape index (κ3) is 7.46. The molecule has 0 amide bonds. The highest BCUT2D eigenvalue weighted by molar-refractivity contribution is 14.0. The van der Waals surface area contributed by atoms with E-state index < -0.39 is 0 Å². The standard InChI is InChI=1S/C23H29N5O2.HI/c1-4-25-23(27-15-20-8-9-21(29-2)13-22(20)30-3)26-14-18-6-5-7-19(12-18)16-28-11-10-24-17-28;/h5-13,17H,4,14-16H2,1-3H3,(H2,25,26,27);1H. The normalized spacial score (nSPS) is 10.9. The number of halogens is 1. The molecule has 2 aromatic carbocycles. The van der Waals surface area contributed by atoms with E-state index in [2.05, 4.69) is 51.4 Å². The van der Waals surface area contributed by atoms with Crippen LogP contribution >= 0.6 is 24.0 Å². The first-order valence-electron chi connectivity index (χ1n) is 9.98. The molecule has 7 nitrogen and oxygen atoms in total. The zero-order valence-corrected chi connectivity index (χ0v) is 20.5. The van der Waals surface area contributed by atoms with Gasteiger partial charge >= 0.3 is 0 Å². The number of guanidine groups is 1. The van der Waals surface area contributed by atoms with E-state index in [1.807, 2.05) is 30.7 Å². The second-order valence-corrected chi connectivity index (χ2v) is 6.78. The Morgan fingerprint density at radius 3 is 2.61 bits per heavy atom. The Balaban J connectivity index is 0.00000341. The molecule has 0 aliphatic rings. The van der Waals surface area contributed by atoms with Crippen molar-refractivity contribution in [2.45, 2.75) is 26.6 Å². The van der Waals surface area contributed by atoms with Crippen LogP contribution < -0.4 is 20.1 Å². The highest BCUT2D eigenvalue weighted by atomic mass is 127. The van der Waals surface area contributed by atoms with Gasteiger partial charge in [-0.05, 0) is 30.2 Å². The quantitative estimate of drug-likeness (QED) is 0.248. The first kappa shape index (κ1) is 24.5. The summed E-state index contributed by atoms with van der Waals surface area (Å²) in [5, 5.41) is 6.67. The molecular weight excluding hydrogens is 505 g/mol. The number of hydrogen-bond donors (Lipinski definition) is 2. The Bertz CT molecular complexity index is 960. The van der Waals surface area contributed by atoms with Gasteiger partial charge in [0.05, 0.1) is 27.1 Å². The third-order valence-electron chi connectivity index (χ3n) is 4.62. The van der Waals surface area contributed by atoms with Crippen molar-refractivity contribution in [2.24, 2.45) is 4.99 Å². The van der Waals surface area contributed by atoms with Gasteiger partial charge in [0.2, 0.25) is 0 Å². The summed E-state index contributed by atoms with van der Waals surface area (Å²) in [5.74, 6) is 2.31. The Hall–Kier alpha value is -2.75. The molecule has 31 heavy (non-hydrogen) atoms. The number of rotatable bonds is 9. The largest absolute Gasteiger partial charge is 0.497 e. The van der Waals surface area contributed by atoms with Gasteiger partial charge in [0, 0.05) is 43.7 Å². The number of nitrogens with one attached hydrogen (secondary N) is 2. The first-order valence-corrected chi connectivity index (χ1v) is 9.98. The fraction of sp³-hybridized carbons (Fsp3) is 0.304. The summed E-state index contributed by atoms with van der Waals surface area (Å²) in [4.78, 5) is 8.83. The number of hydrogen-bond acceptors (Lipinski definition) is 4. The molecule has 1 aromatic heterocycles. The molecule has 0 aliphatic heterocycles. The molecule has 166 valence electrons. The summed E-state index contributed by atoms with van der Waals surface area (Å²) >= 11 is 0. The average Bonchev–Trinajstić information content (AvgIpc) is 3.29. The van der Waals surface area contributed by atoms with E-state index in [0.29, 0.717) is 13.1 Å². The zero-order chi connectivity index (χ0) is 21.2. The minimum absolute atomic E-state index is 0. The molecule has 0 saturated carbocycles. The lowest BCUT2D eigenvalue weighted by Gasteiger charge is -2.14. The smallest absolute Gasteiger partial charge is 0.191 e. The number of nitrogens with zero attached hydrogens (tertiary/aromatic N) is 3. The monoisotopic (exact) mass is 535 g/mol. The molecule has 3 rings (SSSR count). The van der Waals surface area contributed by atoms with Crippen LogP contribution in [0.5, 0.6) is 11.5 Å². The predicted octanol–water partition coefficient (Wildman–Crippen LogP) is 3.82. The minimum Gasteiger partial charge on any atom is -0.497 e. The summed E-state index contributed by atoms with van der Waals surface area (Å²) in [5.41, 5.74) is 3.42. The number of aliphatic imine (C=N–C) groups is 1. The molecule has 0 fully saturated rings. The van der Waals surface area contributed by atoms with Gasteiger partial charge in [-0.1, -0.05) is 24.3 Å². The molecular formula is C23H30IN5O2. The first-order chi connectivity index (χ1) is 14.7. The van der Waals surface area contributed by atoms with Gasteiger partial charge in [-0.15, -0.1) is 24.0 Å². The van der Waals surface area contributed by atoms with E-state index in [-0.39, 0.29) is 24.0 Å². The van der Waals surface area contributed by atoms with Crippen molar-refractivity contribution in [1.29, 1.82) is 0 Å². The molecule has 2 N–H and O–H groups in total. The lowest BCUT2D eigenvalue weighted by molar-refractivity contribution is 0.390. The number of ether oxygens (including phenoxy) is 2. The van der Waals surface area contributed by atoms with E-state index in [0.717, 1.165) is 41.7 Å². The Labute approximate surface area is 200 Å². The fourth-order valence-electron chi connectivity index (χ4n) is 3.11. The maximum atomic E-state index is 5.48. The minimum atomic E-state index is 0. The lowest BCUT2D eigenvalue weighted by atomic mass is 10.1. The summed E-state index contributed by atoms with van der Waals surface area (Å²) in [7, 11) is 3.31. The van der Waals surface area contributed by atoms with Crippen molar-refractivity contribution >= 4 is 29.9 Å². The Morgan fingerprint density at radius 2 is 1.90 bits per heavy atom. The van der Waals surface area contributed by atoms with Crippen LogP contribution in [0.4, 0.5) is 0 Å². The molecule has 0 aliphatic carbocycles. The van der Waals surface area contributed by atoms with Crippen LogP contribution in [0.25, 0.3) is 0 Å². The molecule has 0 unspecified atom stereocenters. The SMILES string of the molecule is CCNC(=NCc1cccc(Cn2ccnc2)c1)NCc1ccc(OC)cc1OC.I. The van der Waals surface area contributed by atoms with Crippen molar-refractivity contribution in [3.8, 4) is 11.5 Å². The highest BCUT2D eigenvalue weighted by Crippen LogP contribution is 2.24. The summed E-state index contributed by atoms with van der Waals surface area (Å²) in [6.45, 7) is 4.82. The fourth-order valence-corrected chi connectivity index (χ4v) is 3.11. The summed E-state index contributed by atoms with van der Waals surface area (Å²) < 4.78 is 12.8. The molecule has 0 saturated heterocycles. The van der Waals surface area contributed by atoms with Crippen LogP contribution in [-0.2, 0) is 19.6 Å². The van der Waals surface area contributed by atoms with E-state index in [1.54, 1.807) is 20.4 Å². The zero-order valence-electron chi connectivity index (χ0n) is 18.2. The molecule has 0 radical (unpaired) electrons.